The Morgan fingerprint density at radius 1 is 1.21 bits per heavy atom. The quantitative estimate of drug-likeness (QED) is 0.376. The van der Waals surface area contributed by atoms with E-state index in [-0.39, 0.29) is 5.96 Å². The van der Waals surface area contributed by atoms with Gasteiger partial charge in [-0.3, -0.25) is 10.7 Å². The van der Waals surface area contributed by atoms with Gasteiger partial charge in [0.05, 0.1) is 6.04 Å². The highest BCUT2D eigenvalue weighted by molar-refractivity contribution is 5.95. The number of nitrogens with two attached hydrogens (primary N) is 2. The second-order valence-corrected chi connectivity index (χ2v) is 4.22. The molecule has 6 N–H and O–H groups in total. The molecule has 2 fully saturated rings. The molecule has 0 aromatic rings. The zero-order valence-corrected chi connectivity index (χ0v) is 8.16. The van der Waals surface area contributed by atoms with Gasteiger partial charge in [-0.1, -0.05) is 0 Å². The summed E-state index contributed by atoms with van der Waals surface area (Å²) < 4.78 is 0. The fourth-order valence-corrected chi connectivity index (χ4v) is 1.80. The van der Waals surface area contributed by atoms with Gasteiger partial charge in [-0.2, -0.15) is 0 Å². The molecule has 5 nitrogen and oxygen atoms in total. The van der Waals surface area contributed by atoms with Gasteiger partial charge in [-0.25, -0.2) is 4.99 Å². The zero-order valence-electron chi connectivity index (χ0n) is 8.16. The fourth-order valence-electron chi connectivity index (χ4n) is 1.80. The first-order valence-electron chi connectivity index (χ1n) is 5.11. The predicted molar refractivity (Wildman–Crippen MR) is 55.9 cm³/mol. The molecule has 0 aliphatic heterocycles. The average Bonchev–Trinajstić information content (AvgIpc) is 2.94. The Morgan fingerprint density at radius 2 is 1.71 bits per heavy atom. The molecule has 0 saturated heterocycles. The summed E-state index contributed by atoms with van der Waals surface area (Å²) in [5, 5.41) is 9.55. The SMILES string of the molecule is N=C(N)NC(N)=NC(C1CC1)C1CC1. The molecular formula is C9H17N5. The summed E-state index contributed by atoms with van der Waals surface area (Å²) in [5.74, 6) is 1.61. The van der Waals surface area contributed by atoms with E-state index < -0.39 is 0 Å². The van der Waals surface area contributed by atoms with E-state index >= 15 is 0 Å². The molecule has 0 amide bonds. The molecule has 0 radical (unpaired) electrons. The van der Waals surface area contributed by atoms with Crippen LogP contribution in [0.3, 0.4) is 0 Å². The van der Waals surface area contributed by atoms with E-state index in [2.05, 4.69) is 10.3 Å². The Labute approximate surface area is 83.5 Å². The minimum atomic E-state index is -0.142. The van der Waals surface area contributed by atoms with E-state index in [4.69, 9.17) is 16.9 Å². The van der Waals surface area contributed by atoms with Gasteiger partial charge in [0.1, 0.15) is 0 Å². The van der Waals surface area contributed by atoms with Crippen LogP contribution in [0.15, 0.2) is 4.99 Å². The van der Waals surface area contributed by atoms with Crippen molar-refractivity contribution in [1.82, 2.24) is 5.32 Å². The second-order valence-electron chi connectivity index (χ2n) is 4.22. The van der Waals surface area contributed by atoms with Crippen molar-refractivity contribution >= 4 is 11.9 Å². The van der Waals surface area contributed by atoms with E-state index in [9.17, 15) is 0 Å². The molecule has 0 aromatic heterocycles. The lowest BCUT2D eigenvalue weighted by Crippen LogP contribution is -2.41. The Kier molecular flexibility index (Phi) is 2.31. The van der Waals surface area contributed by atoms with E-state index in [1.54, 1.807) is 0 Å². The Hall–Kier alpha value is -1.26. The molecule has 0 unspecified atom stereocenters. The number of guanidine groups is 2. The third kappa shape index (κ3) is 2.37. The van der Waals surface area contributed by atoms with Crippen LogP contribution in [0, 0.1) is 17.2 Å². The van der Waals surface area contributed by atoms with E-state index in [0.29, 0.717) is 12.0 Å². The first-order valence-corrected chi connectivity index (χ1v) is 5.11. The van der Waals surface area contributed by atoms with Crippen LogP contribution in [0.4, 0.5) is 0 Å². The number of rotatable bonds is 3. The van der Waals surface area contributed by atoms with Crippen molar-refractivity contribution in [3.05, 3.63) is 0 Å². The van der Waals surface area contributed by atoms with E-state index in [0.717, 1.165) is 11.8 Å². The summed E-state index contributed by atoms with van der Waals surface area (Å²) in [6, 6.07) is 0.377. The van der Waals surface area contributed by atoms with Gasteiger partial charge in [-0.15, -0.1) is 0 Å². The van der Waals surface area contributed by atoms with Gasteiger partial charge in [0.2, 0.25) is 0 Å². The minimum absolute atomic E-state index is 0.142. The highest BCUT2D eigenvalue weighted by Gasteiger charge is 2.41. The zero-order chi connectivity index (χ0) is 10.1. The van der Waals surface area contributed by atoms with Crippen LogP contribution in [0.2, 0.25) is 0 Å². The predicted octanol–water partition coefficient (Wildman–Crippen LogP) is -0.0272. The van der Waals surface area contributed by atoms with Crippen molar-refractivity contribution in [3.63, 3.8) is 0 Å². The van der Waals surface area contributed by atoms with Crippen LogP contribution in [-0.4, -0.2) is 18.0 Å². The Bertz CT molecular complexity index is 252. The lowest BCUT2D eigenvalue weighted by molar-refractivity contribution is 0.531. The molecule has 0 bridgehead atoms. The number of nitrogens with one attached hydrogen (secondary N) is 2. The van der Waals surface area contributed by atoms with Crippen molar-refractivity contribution in [3.8, 4) is 0 Å². The highest BCUT2D eigenvalue weighted by atomic mass is 15.2. The Morgan fingerprint density at radius 3 is 2.07 bits per heavy atom. The number of hydrogen-bond donors (Lipinski definition) is 4. The standard InChI is InChI=1S/C9H17N5/c10-8(11)14-9(12)13-7(5-1-2-5)6-3-4-6/h5-7H,1-4H2,(H6,10,11,12,13,14). The molecule has 2 aliphatic carbocycles. The van der Waals surface area contributed by atoms with Crippen LogP contribution in [0.25, 0.3) is 0 Å². The second kappa shape index (κ2) is 3.48. The molecule has 0 aromatic carbocycles. The monoisotopic (exact) mass is 195 g/mol. The first kappa shape index (κ1) is 9.30. The molecule has 2 aliphatic rings. The van der Waals surface area contributed by atoms with E-state index in [1.807, 2.05) is 0 Å². The minimum Gasteiger partial charge on any atom is -0.370 e. The van der Waals surface area contributed by atoms with Crippen molar-refractivity contribution < 1.29 is 0 Å². The topological polar surface area (TPSA) is 100 Å². The van der Waals surface area contributed by atoms with Gasteiger partial charge >= 0.3 is 0 Å². The van der Waals surface area contributed by atoms with Crippen LogP contribution in [-0.2, 0) is 0 Å². The Balaban J connectivity index is 1.93. The highest BCUT2D eigenvalue weighted by Crippen LogP contribution is 2.46. The molecule has 0 atom stereocenters. The van der Waals surface area contributed by atoms with Crippen LogP contribution in [0.1, 0.15) is 25.7 Å². The molecule has 0 spiro atoms. The maximum atomic E-state index is 7.02. The number of nitrogens with zero attached hydrogens (tertiary/aromatic N) is 1. The fraction of sp³-hybridized carbons (Fsp3) is 0.778. The third-order valence-corrected chi connectivity index (χ3v) is 2.76. The molecule has 2 rings (SSSR count). The van der Waals surface area contributed by atoms with Crippen LogP contribution < -0.4 is 16.8 Å². The normalized spacial score (nSPS) is 22.5. The number of hydrogen-bond acceptors (Lipinski definition) is 2. The molecule has 2 saturated carbocycles. The van der Waals surface area contributed by atoms with Crippen molar-refractivity contribution in [2.24, 2.45) is 28.3 Å². The van der Waals surface area contributed by atoms with Gasteiger partial charge in [-0.05, 0) is 37.5 Å². The van der Waals surface area contributed by atoms with Crippen molar-refractivity contribution in [1.29, 1.82) is 5.41 Å². The third-order valence-electron chi connectivity index (χ3n) is 2.76. The summed E-state index contributed by atoms with van der Waals surface area (Å²) in [7, 11) is 0. The smallest absolute Gasteiger partial charge is 0.195 e. The summed E-state index contributed by atoms with van der Waals surface area (Å²) in [4.78, 5) is 4.40. The van der Waals surface area contributed by atoms with E-state index in [1.165, 1.54) is 25.7 Å². The lowest BCUT2D eigenvalue weighted by atomic mass is 10.1. The van der Waals surface area contributed by atoms with Gasteiger partial charge in [0.15, 0.2) is 11.9 Å². The van der Waals surface area contributed by atoms with Gasteiger partial charge < -0.3 is 11.5 Å². The van der Waals surface area contributed by atoms with Crippen LogP contribution >= 0.6 is 0 Å². The molecule has 14 heavy (non-hydrogen) atoms. The molecule has 78 valence electrons. The maximum absolute atomic E-state index is 7.02. The van der Waals surface area contributed by atoms with Gasteiger partial charge in [0.25, 0.3) is 0 Å². The van der Waals surface area contributed by atoms with Crippen molar-refractivity contribution in [2.75, 3.05) is 0 Å². The summed E-state index contributed by atoms with van der Waals surface area (Å²) in [6.45, 7) is 0. The van der Waals surface area contributed by atoms with Crippen LogP contribution in [0.5, 0.6) is 0 Å². The van der Waals surface area contributed by atoms with Crippen molar-refractivity contribution in [2.45, 2.75) is 31.7 Å². The first-order chi connectivity index (χ1) is 6.66. The summed E-state index contributed by atoms with van der Waals surface area (Å²) in [6.07, 6.45) is 5.10. The lowest BCUT2D eigenvalue weighted by Gasteiger charge is -2.11. The maximum Gasteiger partial charge on any atom is 0.195 e. The largest absolute Gasteiger partial charge is 0.370 e. The summed E-state index contributed by atoms with van der Waals surface area (Å²) >= 11 is 0. The van der Waals surface area contributed by atoms with Gasteiger partial charge in [0, 0.05) is 0 Å². The number of aliphatic imine (C=N–C) groups is 1. The molecule has 0 heterocycles. The summed E-state index contributed by atoms with van der Waals surface area (Å²) in [5.41, 5.74) is 10.8. The average molecular weight is 195 g/mol. The molecular weight excluding hydrogens is 178 g/mol. The molecule has 5 heteroatoms.